The molecule has 1 heterocycles. The maximum atomic E-state index is 12.5. The van der Waals surface area contributed by atoms with Gasteiger partial charge in [0.2, 0.25) is 0 Å². The lowest BCUT2D eigenvalue weighted by Gasteiger charge is -2.14. The molecule has 0 fully saturated rings. The van der Waals surface area contributed by atoms with Crippen LogP contribution in [0.3, 0.4) is 0 Å². The van der Waals surface area contributed by atoms with Crippen molar-refractivity contribution in [3.63, 3.8) is 0 Å². The highest BCUT2D eigenvalue weighted by Gasteiger charge is 2.19. The Morgan fingerprint density at radius 1 is 1.35 bits per heavy atom. The lowest BCUT2D eigenvalue weighted by Crippen LogP contribution is -2.11. The summed E-state index contributed by atoms with van der Waals surface area (Å²) in [5.74, 6) is 0.449. The Hall–Kier alpha value is -1.20. The quantitative estimate of drug-likeness (QED) is 0.881. The van der Waals surface area contributed by atoms with Crippen LogP contribution in [-0.2, 0) is 22.0 Å². The van der Waals surface area contributed by atoms with Crippen molar-refractivity contribution in [1.82, 2.24) is 4.98 Å². The number of nitrogen functional groups attached to an aromatic ring is 1. The van der Waals surface area contributed by atoms with Crippen LogP contribution in [0, 0.1) is 6.92 Å². The predicted octanol–water partition coefficient (Wildman–Crippen LogP) is 3.64. The summed E-state index contributed by atoms with van der Waals surface area (Å²) in [6, 6.07) is 5.55. The molecule has 1 aromatic carbocycles. The monoisotopic (exact) mass is 308 g/mol. The first kappa shape index (κ1) is 15.2. The van der Waals surface area contributed by atoms with Gasteiger partial charge in [-0.05, 0) is 24.6 Å². The molecule has 1 unspecified atom stereocenters. The average molecular weight is 308 g/mol. The summed E-state index contributed by atoms with van der Waals surface area (Å²) in [6.07, 6.45) is 0. The van der Waals surface area contributed by atoms with Crippen molar-refractivity contribution in [2.45, 2.75) is 43.8 Å². The zero-order valence-corrected chi connectivity index (χ0v) is 13.9. The van der Waals surface area contributed by atoms with Gasteiger partial charge in [0.1, 0.15) is 5.01 Å². The first-order chi connectivity index (χ1) is 9.29. The van der Waals surface area contributed by atoms with Gasteiger partial charge >= 0.3 is 0 Å². The molecule has 0 aliphatic heterocycles. The molecule has 1 atom stereocenters. The molecule has 5 heteroatoms. The minimum Gasteiger partial charge on any atom is -0.398 e. The van der Waals surface area contributed by atoms with Crippen molar-refractivity contribution in [3.05, 3.63) is 39.8 Å². The van der Waals surface area contributed by atoms with E-state index in [4.69, 9.17) is 5.73 Å². The topological polar surface area (TPSA) is 56.0 Å². The van der Waals surface area contributed by atoms with E-state index in [9.17, 15) is 4.21 Å². The van der Waals surface area contributed by atoms with E-state index < -0.39 is 10.8 Å². The molecule has 0 spiro atoms. The van der Waals surface area contributed by atoms with Gasteiger partial charge in [0.15, 0.2) is 0 Å². The van der Waals surface area contributed by atoms with Crippen LogP contribution in [0.2, 0.25) is 0 Å². The molecular formula is C15H20N2OS2. The second-order valence-electron chi connectivity index (χ2n) is 5.84. The Morgan fingerprint density at radius 3 is 2.65 bits per heavy atom. The summed E-state index contributed by atoms with van der Waals surface area (Å²) in [4.78, 5) is 5.40. The number of aromatic nitrogens is 1. The van der Waals surface area contributed by atoms with Gasteiger partial charge in [-0.25, -0.2) is 4.98 Å². The molecule has 20 heavy (non-hydrogen) atoms. The predicted molar refractivity (Wildman–Crippen MR) is 86.5 cm³/mol. The summed E-state index contributed by atoms with van der Waals surface area (Å²) >= 11 is 1.57. The molecule has 0 saturated heterocycles. The van der Waals surface area contributed by atoms with E-state index in [1.807, 2.05) is 25.1 Å². The Morgan fingerprint density at radius 2 is 2.05 bits per heavy atom. The van der Waals surface area contributed by atoms with Crippen molar-refractivity contribution in [1.29, 1.82) is 0 Å². The van der Waals surface area contributed by atoms with Gasteiger partial charge in [0, 0.05) is 21.4 Å². The molecule has 0 bridgehead atoms. The number of nitrogens with zero attached hydrogens (tertiary/aromatic N) is 1. The first-order valence-electron chi connectivity index (χ1n) is 6.47. The third kappa shape index (κ3) is 3.27. The maximum Gasteiger partial charge on any atom is 0.106 e. The summed E-state index contributed by atoms with van der Waals surface area (Å²) in [6.45, 7) is 8.30. The van der Waals surface area contributed by atoms with Crippen LogP contribution in [0.15, 0.2) is 28.5 Å². The molecule has 108 valence electrons. The second-order valence-corrected chi connectivity index (χ2v) is 8.20. The molecule has 2 aromatic rings. The fourth-order valence-corrected chi connectivity index (χ4v) is 4.32. The molecule has 2 N–H and O–H groups in total. The fraction of sp³-hybridized carbons (Fsp3) is 0.400. The number of benzene rings is 1. The SMILES string of the molecule is Cc1c(N)cccc1S(=O)Cc1nc(C(C)(C)C)cs1. The molecule has 0 saturated carbocycles. The second kappa shape index (κ2) is 5.66. The summed E-state index contributed by atoms with van der Waals surface area (Å²) in [7, 11) is -1.10. The Bertz CT molecular complexity index is 642. The number of hydrogen-bond donors (Lipinski definition) is 1. The lowest BCUT2D eigenvalue weighted by molar-refractivity contribution is 0.571. The Balaban J connectivity index is 2.20. The molecular weight excluding hydrogens is 288 g/mol. The summed E-state index contributed by atoms with van der Waals surface area (Å²) < 4.78 is 12.5. The third-order valence-electron chi connectivity index (χ3n) is 3.15. The van der Waals surface area contributed by atoms with E-state index >= 15 is 0 Å². The molecule has 3 nitrogen and oxygen atoms in total. The highest BCUT2D eigenvalue weighted by molar-refractivity contribution is 7.84. The number of rotatable bonds is 3. The molecule has 0 aliphatic rings. The van der Waals surface area contributed by atoms with Gasteiger partial charge in [-0.3, -0.25) is 4.21 Å². The summed E-state index contributed by atoms with van der Waals surface area (Å²) in [5, 5.41) is 2.97. The number of anilines is 1. The maximum absolute atomic E-state index is 12.5. The van der Waals surface area contributed by atoms with Gasteiger partial charge < -0.3 is 5.73 Å². The zero-order valence-electron chi connectivity index (χ0n) is 12.3. The van der Waals surface area contributed by atoms with E-state index in [0.29, 0.717) is 11.4 Å². The van der Waals surface area contributed by atoms with E-state index in [2.05, 4.69) is 31.1 Å². The van der Waals surface area contributed by atoms with Crippen LogP contribution in [0.1, 0.15) is 37.0 Å². The summed E-state index contributed by atoms with van der Waals surface area (Å²) in [5.41, 5.74) is 8.54. The van der Waals surface area contributed by atoms with Crippen molar-refractivity contribution in [2.75, 3.05) is 5.73 Å². The number of hydrogen-bond acceptors (Lipinski definition) is 4. The minimum atomic E-state index is -1.10. The average Bonchev–Trinajstić information content (AvgIpc) is 2.81. The molecule has 0 aliphatic carbocycles. The zero-order chi connectivity index (χ0) is 14.9. The van der Waals surface area contributed by atoms with Crippen LogP contribution in [0.25, 0.3) is 0 Å². The van der Waals surface area contributed by atoms with Crippen molar-refractivity contribution < 1.29 is 4.21 Å². The minimum absolute atomic E-state index is 0.0311. The normalized spacial score (nSPS) is 13.4. The highest BCUT2D eigenvalue weighted by atomic mass is 32.2. The Kier molecular flexibility index (Phi) is 4.30. The van der Waals surface area contributed by atoms with Crippen LogP contribution in [-0.4, -0.2) is 9.19 Å². The number of thiazole rings is 1. The van der Waals surface area contributed by atoms with Crippen molar-refractivity contribution >= 4 is 27.8 Å². The van der Waals surface area contributed by atoms with Crippen LogP contribution < -0.4 is 5.73 Å². The van der Waals surface area contributed by atoms with Crippen molar-refractivity contribution in [3.8, 4) is 0 Å². The fourth-order valence-electron chi connectivity index (χ4n) is 1.79. The van der Waals surface area contributed by atoms with Gasteiger partial charge in [0.25, 0.3) is 0 Å². The Labute approximate surface area is 126 Å². The molecule has 1 aromatic heterocycles. The first-order valence-corrected chi connectivity index (χ1v) is 8.67. The van der Waals surface area contributed by atoms with Gasteiger partial charge in [-0.2, -0.15) is 0 Å². The number of nitrogens with two attached hydrogens (primary N) is 1. The molecule has 2 rings (SSSR count). The van der Waals surface area contributed by atoms with Crippen LogP contribution in [0.4, 0.5) is 5.69 Å². The van der Waals surface area contributed by atoms with Crippen molar-refractivity contribution in [2.24, 2.45) is 0 Å². The van der Waals surface area contributed by atoms with Gasteiger partial charge in [-0.15, -0.1) is 11.3 Å². The van der Waals surface area contributed by atoms with Crippen LogP contribution >= 0.6 is 11.3 Å². The standard InChI is InChI=1S/C15H20N2OS2/c1-10-11(16)6-5-7-12(10)20(18)9-14-17-13(8-19-14)15(2,3)4/h5-8H,9,16H2,1-4H3. The molecule has 0 amide bonds. The smallest absolute Gasteiger partial charge is 0.106 e. The lowest BCUT2D eigenvalue weighted by atomic mass is 9.93. The third-order valence-corrected chi connectivity index (χ3v) is 5.65. The van der Waals surface area contributed by atoms with E-state index in [0.717, 1.165) is 21.2 Å². The largest absolute Gasteiger partial charge is 0.398 e. The highest BCUT2D eigenvalue weighted by Crippen LogP contribution is 2.26. The van der Waals surface area contributed by atoms with E-state index in [1.165, 1.54) is 0 Å². The van der Waals surface area contributed by atoms with E-state index in [-0.39, 0.29) is 5.41 Å². The van der Waals surface area contributed by atoms with E-state index in [1.54, 1.807) is 11.3 Å². The van der Waals surface area contributed by atoms with Crippen LogP contribution in [0.5, 0.6) is 0 Å². The van der Waals surface area contributed by atoms with Gasteiger partial charge in [0.05, 0.1) is 22.2 Å². The molecule has 0 radical (unpaired) electrons. The van der Waals surface area contributed by atoms with Gasteiger partial charge in [-0.1, -0.05) is 26.8 Å².